The monoisotopic (exact) mass is 392 g/mol. The summed E-state index contributed by atoms with van der Waals surface area (Å²) in [5.74, 6) is 0.267. The summed E-state index contributed by atoms with van der Waals surface area (Å²) in [5.41, 5.74) is 1.93. The third kappa shape index (κ3) is 4.86. The van der Waals surface area contributed by atoms with Gasteiger partial charge in [-0.1, -0.05) is 30.3 Å². The van der Waals surface area contributed by atoms with Gasteiger partial charge < -0.3 is 20.1 Å². The molecule has 0 bridgehead atoms. The molecule has 0 fully saturated rings. The van der Waals surface area contributed by atoms with E-state index in [-0.39, 0.29) is 11.6 Å². The Balaban J connectivity index is 1.66. The summed E-state index contributed by atoms with van der Waals surface area (Å²) in [6.07, 6.45) is 2.78. The fourth-order valence-electron chi connectivity index (χ4n) is 2.64. The molecule has 0 aliphatic rings. The van der Waals surface area contributed by atoms with Crippen LogP contribution < -0.4 is 15.4 Å². The van der Waals surface area contributed by atoms with Crippen molar-refractivity contribution in [3.63, 3.8) is 0 Å². The average Bonchev–Trinajstić information content (AvgIpc) is 2.78. The smallest absolute Gasteiger partial charge is 0.339 e. The number of methoxy groups -OCH3 is 2. The second kappa shape index (κ2) is 9.32. The van der Waals surface area contributed by atoms with Crippen LogP contribution in [-0.2, 0) is 11.3 Å². The summed E-state index contributed by atoms with van der Waals surface area (Å²) >= 11 is 0. The predicted octanol–water partition coefficient (Wildman–Crippen LogP) is 2.95. The molecule has 3 rings (SSSR count). The molecule has 0 aliphatic heterocycles. The number of hydrogen-bond acceptors (Lipinski definition) is 7. The van der Waals surface area contributed by atoms with Gasteiger partial charge in [-0.05, 0) is 18.2 Å². The normalized spacial score (nSPS) is 10.1. The van der Waals surface area contributed by atoms with Crippen molar-refractivity contribution in [2.75, 3.05) is 19.5 Å². The number of nitrogens with one attached hydrogen (secondary N) is 2. The Kier molecular flexibility index (Phi) is 6.36. The minimum Gasteiger partial charge on any atom is -0.496 e. The molecule has 0 radical (unpaired) electrons. The third-order valence-electron chi connectivity index (χ3n) is 4.11. The topological polar surface area (TPSA) is 102 Å². The number of benzene rings is 2. The number of hydrogen-bond donors (Lipinski definition) is 2. The maximum atomic E-state index is 12.3. The fraction of sp³-hybridized carbons (Fsp3) is 0.143. The fourth-order valence-corrected chi connectivity index (χ4v) is 2.64. The lowest BCUT2D eigenvalue weighted by atomic mass is 10.2. The Morgan fingerprint density at radius 1 is 0.966 bits per heavy atom. The molecule has 0 saturated carbocycles. The van der Waals surface area contributed by atoms with E-state index in [1.165, 1.54) is 19.5 Å². The Morgan fingerprint density at radius 3 is 2.45 bits per heavy atom. The third-order valence-corrected chi connectivity index (χ3v) is 4.11. The SMILES string of the molecule is COC(=O)c1ccccc1Nc1cnc(C(=O)NCc2ccccc2OC)cn1. The highest BCUT2D eigenvalue weighted by atomic mass is 16.5. The molecule has 0 atom stereocenters. The van der Waals surface area contributed by atoms with Gasteiger partial charge in [0, 0.05) is 12.1 Å². The number of carbonyl (C=O) groups is 2. The van der Waals surface area contributed by atoms with Gasteiger partial charge in [0.25, 0.3) is 5.91 Å². The van der Waals surface area contributed by atoms with Gasteiger partial charge in [0.2, 0.25) is 0 Å². The number of amides is 1. The Morgan fingerprint density at radius 2 is 1.72 bits per heavy atom. The van der Waals surface area contributed by atoms with Gasteiger partial charge in [0.15, 0.2) is 0 Å². The maximum absolute atomic E-state index is 12.3. The van der Waals surface area contributed by atoms with Crippen LogP contribution >= 0.6 is 0 Å². The van der Waals surface area contributed by atoms with Crippen molar-refractivity contribution in [1.29, 1.82) is 0 Å². The largest absolute Gasteiger partial charge is 0.496 e. The van der Waals surface area contributed by atoms with E-state index in [9.17, 15) is 9.59 Å². The van der Waals surface area contributed by atoms with E-state index in [2.05, 4.69) is 20.6 Å². The molecule has 3 aromatic rings. The van der Waals surface area contributed by atoms with Gasteiger partial charge >= 0.3 is 5.97 Å². The molecule has 2 N–H and O–H groups in total. The van der Waals surface area contributed by atoms with Crippen LogP contribution in [0.2, 0.25) is 0 Å². The van der Waals surface area contributed by atoms with Gasteiger partial charge in [0.1, 0.15) is 17.3 Å². The standard InChI is InChI=1S/C21H20N4O4/c1-28-18-10-6-3-7-14(18)11-24-20(26)17-12-23-19(13-22-17)25-16-9-5-4-8-15(16)21(27)29-2/h3-10,12-13H,11H2,1-2H3,(H,23,25)(H,24,26). The molecule has 0 aliphatic carbocycles. The molecule has 0 saturated heterocycles. The van der Waals surface area contributed by atoms with E-state index in [4.69, 9.17) is 9.47 Å². The molecule has 1 amide bonds. The van der Waals surface area contributed by atoms with Crippen LogP contribution in [0.1, 0.15) is 26.4 Å². The highest BCUT2D eigenvalue weighted by molar-refractivity contribution is 5.96. The lowest BCUT2D eigenvalue weighted by molar-refractivity contribution is 0.0601. The first-order valence-electron chi connectivity index (χ1n) is 8.79. The number of nitrogens with zero attached hydrogens (tertiary/aromatic N) is 2. The first-order chi connectivity index (χ1) is 14.1. The molecule has 1 aromatic heterocycles. The van der Waals surface area contributed by atoms with Crippen molar-refractivity contribution in [2.45, 2.75) is 6.54 Å². The summed E-state index contributed by atoms with van der Waals surface area (Å²) in [6, 6.07) is 14.3. The van der Waals surface area contributed by atoms with Crippen molar-refractivity contribution in [3.8, 4) is 5.75 Å². The maximum Gasteiger partial charge on any atom is 0.339 e. The molecule has 8 nitrogen and oxygen atoms in total. The van der Waals surface area contributed by atoms with Gasteiger partial charge in [0.05, 0.1) is 37.9 Å². The summed E-state index contributed by atoms with van der Waals surface area (Å²) in [5, 5.41) is 5.79. The number of ether oxygens (including phenoxy) is 2. The second-order valence-electron chi connectivity index (χ2n) is 5.94. The Labute approximate surface area is 167 Å². The molecule has 0 unspecified atom stereocenters. The number of rotatable bonds is 7. The summed E-state index contributed by atoms with van der Waals surface area (Å²) in [7, 11) is 2.90. The van der Waals surface area contributed by atoms with Crippen molar-refractivity contribution in [2.24, 2.45) is 0 Å². The lowest BCUT2D eigenvalue weighted by Gasteiger charge is -2.11. The highest BCUT2D eigenvalue weighted by Gasteiger charge is 2.13. The molecule has 148 valence electrons. The molecule has 0 spiro atoms. The number of para-hydroxylation sites is 2. The number of aromatic nitrogens is 2. The van der Waals surface area contributed by atoms with Crippen molar-refractivity contribution < 1.29 is 19.1 Å². The van der Waals surface area contributed by atoms with E-state index < -0.39 is 5.97 Å². The van der Waals surface area contributed by atoms with Crippen LogP contribution in [0.3, 0.4) is 0 Å². The molecule has 29 heavy (non-hydrogen) atoms. The van der Waals surface area contributed by atoms with Gasteiger partial charge in [-0.2, -0.15) is 0 Å². The minimum absolute atomic E-state index is 0.173. The Bertz CT molecular complexity index is 1010. The van der Waals surface area contributed by atoms with Crippen molar-refractivity contribution in [3.05, 3.63) is 77.7 Å². The quantitative estimate of drug-likeness (QED) is 0.596. The van der Waals surface area contributed by atoms with Crippen LogP contribution in [0.25, 0.3) is 0 Å². The van der Waals surface area contributed by atoms with Crippen molar-refractivity contribution >= 4 is 23.4 Å². The van der Waals surface area contributed by atoms with Crippen LogP contribution in [0.4, 0.5) is 11.5 Å². The van der Waals surface area contributed by atoms with Crippen LogP contribution in [0, 0.1) is 0 Å². The number of esters is 1. The summed E-state index contributed by atoms with van der Waals surface area (Å²) in [4.78, 5) is 32.5. The zero-order valence-corrected chi connectivity index (χ0v) is 16.0. The Hall–Kier alpha value is -3.94. The second-order valence-corrected chi connectivity index (χ2v) is 5.94. The highest BCUT2D eigenvalue weighted by Crippen LogP contribution is 2.20. The van der Waals surface area contributed by atoms with Crippen LogP contribution in [0.5, 0.6) is 5.75 Å². The van der Waals surface area contributed by atoms with Gasteiger partial charge in [-0.25, -0.2) is 14.8 Å². The molecule has 1 heterocycles. The van der Waals surface area contributed by atoms with E-state index in [0.29, 0.717) is 29.4 Å². The van der Waals surface area contributed by atoms with E-state index in [1.54, 1.807) is 31.4 Å². The molecular weight excluding hydrogens is 372 g/mol. The van der Waals surface area contributed by atoms with E-state index in [0.717, 1.165) is 5.56 Å². The molecule has 2 aromatic carbocycles. The van der Waals surface area contributed by atoms with Crippen molar-refractivity contribution in [1.82, 2.24) is 15.3 Å². The first kappa shape index (κ1) is 19.8. The predicted molar refractivity (Wildman–Crippen MR) is 107 cm³/mol. The zero-order chi connectivity index (χ0) is 20.6. The summed E-state index contributed by atoms with van der Waals surface area (Å²) < 4.78 is 10.0. The summed E-state index contributed by atoms with van der Waals surface area (Å²) in [6.45, 7) is 0.303. The van der Waals surface area contributed by atoms with Gasteiger partial charge in [-0.15, -0.1) is 0 Å². The minimum atomic E-state index is -0.464. The number of carbonyl (C=O) groups excluding carboxylic acids is 2. The number of anilines is 2. The lowest BCUT2D eigenvalue weighted by Crippen LogP contribution is -2.24. The average molecular weight is 392 g/mol. The van der Waals surface area contributed by atoms with Crippen LogP contribution in [-0.4, -0.2) is 36.1 Å². The molecule has 8 heteroatoms. The molecular formula is C21H20N4O4. The van der Waals surface area contributed by atoms with E-state index in [1.807, 2.05) is 24.3 Å². The van der Waals surface area contributed by atoms with Crippen LogP contribution in [0.15, 0.2) is 60.9 Å². The van der Waals surface area contributed by atoms with E-state index >= 15 is 0 Å². The van der Waals surface area contributed by atoms with Gasteiger partial charge in [-0.3, -0.25) is 4.79 Å². The zero-order valence-electron chi connectivity index (χ0n) is 16.0. The first-order valence-corrected chi connectivity index (χ1v) is 8.79.